The lowest BCUT2D eigenvalue weighted by atomic mass is 10.1. The zero-order chi connectivity index (χ0) is 25.4. The van der Waals surface area contributed by atoms with Gasteiger partial charge in [0.1, 0.15) is 18.2 Å². The summed E-state index contributed by atoms with van der Waals surface area (Å²) in [5.74, 6) is 0.155. The Kier molecular flexibility index (Phi) is 8.51. The van der Waals surface area contributed by atoms with Gasteiger partial charge < -0.3 is 14.8 Å². The molecule has 0 spiro atoms. The molecule has 3 aromatic carbocycles. The highest BCUT2D eigenvalue weighted by Gasteiger charge is 2.16. The number of amides is 1. The summed E-state index contributed by atoms with van der Waals surface area (Å²) < 4.78 is 11.6. The Balaban J connectivity index is 1.87. The molecule has 7 heteroatoms. The van der Waals surface area contributed by atoms with Crippen LogP contribution < -0.4 is 14.8 Å². The van der Waals surface area contributed by atoms with Gasteiger partial charge in [0.15, 0.2) is 11.5 Å². The van der Waals surface area contributed by atoms with Crippen LogP contribution in [0.1, 0.15) is 34.7 Å². The van der Waals surface area contributed by atoms with Crippen LogP contribution in [0.15, 0.2) is 60.2 Å². The van der Waals surface area contributed by atoms with Gasteiger partial charge in [-0.15, -0.1) is 0 Å². The van der Waals surface area contributed by atoms with Gasteiger partial charge in [-0.2, -0.15) is 10.5 Å². The zero-order valence-electron chi connectivity index (χ0n) is 19.7. The third-order valence-corrected chi connectivity index (χ3v) is 5.56. The average molecular weight is 486 g/mol. The molecule has 0 aliphatic carbocycles. The molecule has 35 heavy (non-hydrogen) atoms. The van der Waals surface area contributed by atoms with Crippen LogP contribution in [-0.2, 0) is 11.4 Å². The summed E-state index contributed by atoms with van der Waals surface area (Å²) in [5, 5.41) is 21.9. The summed E-state index contributed by atoms with van der Waals surface area (Å²) >= 11 is 6.50. The minimum Gasteiger partial charge on any atom is -0.490 e. The van der Waals surface area contributed by atoms with Crippen LogP contribution >= 0.6 is 11.6 Å². The van der Waals surface area contributed by atoms with Crippen molar-refractivity contribution in [1.29, 1.82) is 10.5 Å². The molecule has 0 saturated heterocycles. The smallest absolute Gasteiger partial charge is 0.266 e. The summed E-state index contributed by atoms with van der Waals surface area (Å²) in [6.07, 6.45) is 1.44. The molecular weight excluding hydrogens is 462 g/mol. The number of anilines is 1. The van der Waals surface area contributed by atoms with E-state index in [9.17, 15) is 15.3 Å². The highest BCUT2D eigenvalue weighted by molar-refractivity contribution is 6.32. The summed E-state index contributed by atoms with van der Waals surface area (Å²) in [6.45, 7) is 6.24. The number of carbonyl (C=O) groups is 1. The minimum absolute atomic E-state index is 0.0849. The van der Waals surface area contributed by atoms with Crippen LogP contribution in [0.5, 0.6) is 11.5 Å². The van der Waals surface area contributed by atoms with Gasteiger partial charge in [0, 0.05) is 11.3 Å². The molecule has 0 unspecified atom stereocenters. The fourth-order valence-electron chi connectivity index (χ4n) is 3.31. The molecule has 0 radical (unpaired) electrons. The van der Waals surface area contributed by atoms with E-state index in [1.54, 1.807) is 36.4 Å². The van der Waals surface area contributed by atoms with E-state index >= 15 is 0 Å². The number of aryl methyl sites for hydroxylation is 2. The molecular formula is C28H24ClN3O3. The van der Waals surface area contributed by atoms with E-state index in [1.165, 1.54) is 6.08 Å². The van der Waals surface area contributed by atoms with Crippen molar-refractivity contribution in [3.05, 3.63) is 93.0 Å². The van der Waals surface area contributed by atoms with Gasteiger partial charge in [0.05, 0.1) is 23.3 Å². The largest absolute Gasteiger partial charge is 0.490 e. The van der Waals surface area contributed by atoms with Gasteiger partial charge >= 0.3 is 0 Å². The van der Waals surface area contributed by atoms with E-state index in [0.717, 1.165) is 11.1 Å². The number of nitrogens with one attached hydrogen (secondary N) is 1. The fraction of sp³-hybridized carbons (Fsp3) is 0.179. The first-order chi connectivity index (χ1) is 16.9. The molecule has 1 amide bonds. The molecule has 0 saturated carbocycles. The van der Waals surface area contributed by atoms with Gasteiger partial charge in [-0.25, -0.2) is 0 Å². The molecule has 0 fully saturated rings. The first kappa shape index (κ1) is 25.4. The van der Waals surface area contributed by atoms with Crippen LogP contribution in [0, 0.1) is 36.5 Å². The molecule has 176 valence electrons. The quantitative estimate of drug-likeness (QED) is 0.296. The number of ether oxygens (including phenoxy) is 2. The van der Waals surface area contributed by atoms with Crippen molar-refractivity contribution in [2.24, 2.45) is 0 Å². The molecule has 1 N–H and O–H groups in total. The number of hydrogen-bond donors (Lipinski definition) is 1. The zero-order valence-corrected chi connectivity index (χ0v) is 20.4. The Bertz CT molecular complexity index is 1370. The SMILES string of the molecule is CCOc1cc(/C=C(\C#N)C(=O)Nc2ccc(C)c(C)c2)cc(Cl)c1OCc1ccccc1C#N. The Hall–Kier alpha value is -4.26. The second kappa shape index (κ2) is 11.7. The molecule has 6 nitrogen and oxygen atoms in total. The number of nitriles is 2. The van der Waals surface area contributed by atoms with Crippen molar-refractivity contribution >= 4 is 29.3 Å². The maximum atomic E-state index is 12.7. The second-order valence-electron chi connectivity index (χ2n) is 7.74. The van der Waals surface area contributed by atoms with Gasteiger partial charge in [0.2, 0.25) is 0 Å². The Morgan fingerprint density at radius 1 is 1.06 bits per heavy atom. The standard InChI is InChI=1S/C28H24ClN3O3/c1-4-34-26-14-20(12-23(16-31)28(33)32-24-10-9-18(2)19(3)11-24)13-25(29)27(26)35-17-22-8-6-5-7-21(22)15-30/h5-14H,4,17H2,1-3H3,(H,32,33)/b23-12+. The average Bonchev–Trinajstić information content (AvgIpc) is 2.84. The Labute approximate surface area is 210 Å². The van der Waals surface area contributed by atoms with E-state index in [4.69, 9.17) is 21.1 Å². The molecule has 3 aromatic rings. The van der Waals surface area contributed by atoms with E-state index in [-0.39, 0.29) is 17.2 Å². The van der Waals surface area contributed by atoms with Gasteiger partial charge in [-0.05, 0) is 73.9 Å². The van der Waals surface area contributed by atoms with E-state index in [1.807, 2.05) is 45.0 Å². The second-order valence-corrected chi connectivity index (χ2v) is 8.15. The molecule has 0 aromatic heterocycles. The molecule has 3 rings (SSSR count). The number of hydrogen-bond acceptors (Lipinski definition) is 5. The normalized spacial score (nSPS) is 10.7. The summed E-state index contributed by atoms with van der Waals surface area (Å²) in [5.41, 5.74) is 4.39. The van der Waals surface area contributed by atoms with Gasteiger partial charge in [-0.1, -0.05) is 35.9 Å². The maximum absolute atomic E-state index is 12.7. The molecule has 0 aliphatic heterocycles. The van der Waals surface area contributed by atoms with Crippen molar-refractivity contribution in [2.45, 2.75) is 27.4 Å². The van der Waals surface area contributed by atoms with Crippen LogP contribution in [0.25, 0.3) is 6.08 Å². The lowest BCUT2D eigenvalue weighted by Crippen LogP contribution is -2.13. The van der Waals surface area contributed by atoms with Crippen molar-refractivity contribution in [2.75, 3.05) is 11.9 Å². The predicted molar refractivity (Wildman–Crippen MR) is 136 cm³/mol. The molecule has 0 atom stereocenters. The van der Waals surface area contributed by atoms with Gasteiger partial charge in [0.25, 0.3) is 5.91 Å². The number of rotatable bonds is 8. The van der Waals surface area contributed by atoms with Crippen LogP contribution in [-0.4, -0.2) is 12.5 Å². The number of nitrogens with zero attached hydrogens (tertiary/aromatic N) is 2. The maximum Gasteiger partial charge on any atom is 0.266 e. The van der Waals surface area contributed by atoms with Crippen molar-refractivity contribution in [1.82, 2.24) is 0 Å². The van der Waals surface area contributed by atoms with E-state index < -0.39 is 5.91 Å². The summed E-state index contributed by atoms with van der Waals surface area (Å²) in [4.78, 5) is 12.7. The summed E-state index contributed by atoms with van der Waals surface area (Å²) in [6, 6.07) is 20.0. The molecule has 0 heterocycles. The minimum atomic E-state index is -0.529. The fourth-order valence-corrected chi connectivity index (χ4v) is 3.59. The highest BCUT2D eigenvalue weighted by Crippen LogP contribution is 2.38. The van der Waals surface area contributed by atoms with E-state index in [2.05, 4.69) is 11.4 Å². The summed E-state index contributed by atoms with van der Waals surface area (Å²) in [7, 11) is 0. The predicted octanol–water partition coefficient (Wildman–Crippen LogP) is 6.35. The Morgan fingerprint density at radius 2 is 1.83 bits per heavy atom. The van der Waals surface area contributed by atoms with Gasteiger partial charge in [-0.3, -0.25) is 4.79 Å². The first-order valence-electron chi connectivity index (χ1n) is 10.9. The monoisotopic (exact) mass is 485 g/mol. The van der Waals surface area contributed by atoms with Crippen LogP contribution in [0.2, 0.25) is 5.02 Å². The lowest BCUT2D eigenvalue weighted by molar-refractivity contribution is -0.112. The molecule has 0 bridgehead atoms. The van der Waals surface area contributed by atoms with Crippen molar-refractivity contribution < 1.29 is 14.3 Å². The van der Waals surface area contributed by atoms with E-state index in [0.29, 0.717) is 40.5 Å². The molecule has 0 aliphatic rings. The van der Waals surface area contributed by atoms with Crippen molar-refractivity contribution in [3.8, 4) is 23.6 Å². The topological polar surface area (TPSA) is 95.1 Å². The van der Waals surface area contributed by atoms with Crippen LogP contribution in [0.3, 0.4) is 0 Å². The number of benzene rings is 3. The Morgan fingerprint density at radius 3 is 2.51 bits per heavy atom. The van der Waals surface area contributed by atoms with Crippen LogP contribution in [0.4, 0.5) is 5.69 Å². The number of halogens is 1. The lowest BCUT2D eigenvalue weighted by Gasteiger charge is -2.15. The number of carbonyl (C=O) groups excluding carboxylic acids is 1. The van der Waals surface area contributed by atoms with Crippen molar-refractivity contribution in [3.63, 3.8) is 0 Å². The highest BCUT2D eigenvalue weighted by atomic mass is 35.5. The first-order valence-corrected chi connectivity index (χ1v) is 11.3. The third-order valence-electron chi connectivity index (χ3n) is 5.28. The third kappa shape index (κ3) is 6.41.